The van der Waals surface area contributed by atoms with Gasteiger partial charge in [0.05, 0.1) is 6.10 Å². The molecule has 1 aromatic carbocycles. The number of rotatable bonds is 10. The first-order chi connectivity index (χ1) is 15.7. The summed E-state index contributed by atoms with van der Waals surface area (Å²) in [5, 5.41) is 8.39. The molecule has 2 aliphatic rings. The molecule has 0 unspecified atom stereocenters. The van der Waals surface area contributed by atoms with Gasteiger partial charge in [0.1, 0.15) is 6.07 Å². The maximum atomic E-state index is 12.7. The molecule has 0 aromatic heterocycles. The maximum absolute atomic E-state index is 12.7. The number of halogens is 1. The molecule has 32 heavy (non-hydrogen) atoms. The molecular weight excluding hydrogens is 397 g/mol. The molecule has 1 aromatic rings. The Bertz CT molecular complexity index is 759. The van der Waals surface area contributed by atoms with Crippen LogP contribution in [0.1, 0.15) is 94.6 Å². The van der Waals surface area contributed by atoms with E-state index in [9.17, 15) is 4.39 Å². The second kappa shape index (κ2) is 13.6. The summed E-state index contributed by atoms with van der Waals surface area (Å²) < 4.78 is 19.1. The van der Waals surface area contributed by atoms with Gasteiger partial charge in [0.2, 0.25) is 0 Å². The lowest BCUT2D eigenvalue weighted by Crippen LogP contribution is -2.25. The summed E-state index contributed by atoms with van der Waals surface area (Å²) in [5.41, 5.74) is 2.98. The van der Waals surface area contributed by atoms with Crippen molar-refractivity contribution in [1.82, 2.24) is 0 Å². The molecule has 2 aliphatic carbocycles. The standard InChI is InChI=1S/C29H40FNO/c1-2-6-23-13-15-26(16-14-23)27-17-19-29(20-18-27)32-22-25-11-9-24(10-12-25)7-4-3-5-8-28(30)21-31/h3,5,8,13-16,24-25,27,29H,2,4,6-7,9-12,17-20,22H2,1H3/b5-3+,28-8-/t24-,25-,27-,29-. The van der Waals surface area contributed by atoms with Gasteiger partial charge in [-0.15, -0.1) is 0 Å². The van der Waals surface area contributed by atoms with E-state index in [1.807, 2.05) is 6.08 Å². The zero-order valence-corrected chi connectivity index (χ0v) is 19.8. The first-order valence-corrected chi connectivity index (χ1v) is 12.8. The van der Waals surface area contributed by atoms with Gasteiger partial charge in [-0.1, -0.05) is 62.6 Å². The van der Waals surface area contributed by atoms with Crippen molar-refractivity contribution in [1.29, 1.82) is 5.26 Å². The van der Waals surface area contributed by atoms with Gasteiger partial charge in [-0.25, -0.2) is 0 Å². The molecule has 174 valence electrons. The zero-order chi connectivity index (χ0) is 22.6. The van der Waals surface area contributed by atoms with Crippen molar-refractivity contribution in [3.05, 3.63) is 59.4 Å². The molecule has 0 radical (unpaired) electrons. The average molecular weight is 438 g/mol. The smallest absolute Gasteiger partial charge is 0.199 e. The Morgan fingerprint density at radius 3 is 2.38 bits per heavy atom. The molecule has 0 bridgehead atoms. The number of hydrogen-bond acceptors (Lipinski definition) is 2. The SMILES string of the molecule is CCCc1ccc([C@H]2CC[C@H](OC[C@H]3CC[C@H](CC/C=C/C=C(\F)C#N)CC3)CC2)cc1. The predicted molar refractivity (Wildman–Crippen MR) is 130 cm³/mol. The van der Waals surface area contributed by atoms with Gasteiger partial charge >= 0.3 is 0 Å². The van der Waals surface area contributed by atoms with Crippen LogP contribution >= 0.6 is 0 Å². The van der Waals surface area contributed by atoms with Crippen LogP contribution in [0.3, 0.4) is 0 Å². The number of ether oxygens (including phenoxy) is 1. The highest BCUT2D eigenvalue weighted by Gasteiger charge is 2.25. The van der Waals surface area contributed by atoms with Crippen LogP contribution < -0.4 is 0 Å². The van der Waals surface area contributed by atoms with Crippen LogP contribution in [0.25, 0.3) is 0 Å². The molecule has 3 heteroatoms. The zero-order valence-electron chi connectivity index (χ0n) is 19.8. The summed E-state index contributed by atoms with van der Waals surface area (Å²) in [7, 11) is 0. The molecule has 0 atom stereocenters. The monoisotopic (exact) mass is 437 g/mol. The number of hydrogen-bond donors (Lipinski definition) is 0. The lowest BCUT2D eigenvalue weighted by molar-refractivity contribution is -0.00474. The van der Waals surface area contributed by atoms with Crippen LogP contribution in [-0.4, -0.2) is 12.7 Å². The van der Waals surface area contributed by atoms with Crippen LogP contribution in [0, 0.1) is 23.2 Å². The Kier molecular flexibility index (Phi) is 10.5. The fourth-order valence-corrected chi connectivity index (χ4v) is 5.38. The summed E-state index contributed by atoms with van der Waals surface area (Å²) in [4.78, 5) is 0. The first-order valence-electron chi connectivity index (χ1n) is 12.8. The molecule has 0 saturated heterocycles. The van der Waals surface area contributed by atoms with Crippen LogP contribution in [-0.2, 0) is 11.2 Å². The van der Waals surface area contributed by atoms with Crippen molar-refractivity contribution in [2.24, 2.45) is 11.8 Å². The van der Waals surface area contributed by atoms with E-state index >= 15 is 0 Å². The van der Waals surface area contributed by atoms with Crippen molar-refractivity contribution in [3.63, 3.8) is 0 Å². The van der Waals surface area contributed by atoms with Gasteiger partial charge in [-0.05, 0) is 92.7 Å². The first kappa shape index (κ1) is 24.7. The predicted octanol–water partition coefficient (Wildman–Crippen LogP) is 8.20. The highest BCUT2D eigenvalue weighted by Crippen LogP contribution is 2.36. The lowest BCUT2D eigenvalue weighted by atomic mass is 9.80. The lowest BCUT2D eigenvalue weighted by Gasteiger charge is -2.32. The van der Waals surface area contributed by atoms with Crippen LogP contribution in [0.2, 0.25) is 0 Å². The second-order valence-corrected chi connectivity index (χ2v) is 9.82. The van der Waals surface area contributed by atoms with E-state index in [-0.39, 0.29) is 0 Å². The Hall–Kier alpha value is -1.92. The summed E-state index contributed by atoms with van der Waals surface area (Å²) in [6.45, 7) is 3.18. The largest absolute Gasteiger partial charge is 0.378 e. The van der Waals surface area contributed by atoms with E-state index in [0.717, 1.165) is 31.3 Å². The van der Waals surface area contributed by atoms with E-state index in [1.165, 1.54) is 87.5 Å². The van der Waals surface area contributed by atoms with Crippen LogP contribution in [0.4, 0.5) is 4.39 Å². The van der Waals surface area contributed by atoms with E-state index in [4.69, 9.17) is 10.00 Å². The number of benzene rings is 1. The molecular formula is C29H40FNO. The molecule has 0 heterocycles. The van der Waals surface area contributed by atoms with Crippen molar-refractivity contribution in [3.8, 4) is 6.07 Å². The number of nitriles is 1. The number of allylic oxidation sites excluding steroid dienone is 4. The summed E-state index contributed by atoms with van der Waals surface area (Å²) in [5.74, 6) is 1.48. The van der Waals surface area contributed by atoms with Crippen LogP contribution in [0.15, 0.2) is 48.3 Å². The molecule has 2 saturated carbocycles. The molecule has 2 nitrogen and oxygen atoms in total. The van der Waals surface area contributed by atoms with Gasteiger partial charge < -0.3 is 4.74 Å². The second-order valence-electron chi connectivity index (χ2n) is 9.82. The molecule has 0 spiro atoms. The van der Waals surface area contributed by atoms with Gasteiger partial charge in [-0.3, -0.25) is 0 Å². The Morgan fingerprint density at radius 2 is 1.72 bits per heavy atom. The maximum Gasteiger partial charge on any atom is 0.199 e. The minimum absolute atomic E-state index is 0.454. The van der Waals surface area contributed by atoms with Crippen molar-refractivity contribution in [2.45, 2.75) is 96.0 Å². The minimum Gasteiger partial charge on any atom is -0.378 e. The third-order valence-electron chi connectivity index (χ3n) is 7.42. The number of aryl methyl sites for hydroxylation is 1. The Balaban J connectivity index is 1.28. The van der Waals surface area contributed by atoms with Gasteiger partial charge in [-0.2, -0.15) is 9.65 Å². The molecule has 2 fully saturated rings. The highest BCUT2D eigenvalue weighted by molar-refractivity contribution is 5.26. The molecule has 0 aliphatic heterocycles. The van der Waals surface area contributed by atoms with Gasteiger partial charge in [0.25, 0.3) is 0 Å². The van der Waals surface area contributed by atoms with Crippen molar-refractivity contribution in [2.75, 3.05) is 6.61 Å². The van der Waals surface area contributed by atoms with Crippen molar-refractivity contribution >= 4 is 0 Å². The van der Waals surface area contributed by atoms with E-state index in [1.54, 1.807) is 6.08 Å². The molecule has 3 rings (SSSR count). The average Bonchev–Trinajstić information content (AvgIpc) is 2.84. The summed E-state index contributed by atoms with van der Waals surface area (Å²) in [6, 6.07) is 10.8. The fraction of sp³-hybridized carbons (Fsp3) is 0.621. The summed E-state index contributed by atoms with van der Waals surface area (Å²) >= 11 is 0. The van der Waals surface area contributed by atoms with E-state index < -0.39 is 5.83 Å². The highest BCUT2D eigenvalue weighted by atomic mass is 19.1. The quantitative estimate of drug-likeness (QED) is 0.273. The third-order valence-corrected chi connectivity index (χ3v) is 7.42. The third kappa shape index (κ3) is 8.21. The van der Waals surface area contributed by atoms with Crippen LogP contribution in [0.5, 0.6) is 0 Å². The summed E-state index contributed by atoms with van der Waals surface area (Å²) in [6.07, 6.45) is 19.9. The normalized spacial score (nSPS) is 26.8. The van der Waals surface area contributed by atoms with Gasteiger partial charge in [0.15, 0.2) is 5.83 Å². The topological polar surface area (TPSA) is 33.0 Å². The van der Waals surface area contributed by atoms with Gasteiger partial charge in [0, 0.05) is 6.61 Å². The molecule has 0 amide bonds. The Morgan fingerprint density at radius 1 is 1.03 bits per heavy atom. The Labute approximate surface area is 194 Å². The van der Waals surface area contributed by atoms with Crippen molar-refractivity contribution < 1.29 is 9.13 Å². The fourth-order valence-electron chi connectivity index (χ4n) is 5.38. The van der Waals surface area contributed by atoms with E-state index in [0.29, 0.717) is 12.0 Å². The van der Waals surface area contributed by atoms with E-state index in [2.05, 4.69) is 31.2 Å². The minimum atomic E-state index is -0.726. The number of nitrogens with zero attached hydrogens (tertiary/aromatic N) is 1. The molecule has 0 N–H and O–H groups in total.